The van der Waals surface area contributed by atoms with E-state index in [0.717, 1.165) is 57.4 Å². The Balaban J connectivity index is 1.31. The van der Waals surface area contributed by atoms with Gasteiger partial charge in [-0.25, -0.2) is 4.79 Å². The number of aromatic nitrogens is 2. The molecular formula is C31H45N5O3. The van der Waals surface area contributed by atoms with Gasteiger partial charge in [0.15, 0.2) is 0 Å². The largest absolute Gasteiger partial charge is 0.444 e. The second-order valence-electron chi connectivity index (χ2n) is 13.3. The molecule has 1 aliphatic carbocycles. The zero-order chi connectivity index (χ0) is 27.9. The van der Waals surface area contributed by atoms with Gasteiger partial charge in [-0.2, -0.15) is 5.10 Å². The SMILES string of the molecule is CC(C)c1ccccc1C1CN(Cc2cnn(C)c2)CC(=O)N1C1CC2(CCN(C(=O)OC(C)(C)C)CC2)C1. The highest BCUT2D eigenvalue weighted by molar-refractivity contribution is 5.80. The Hall–Kier alpha value is -2.87. The number of ether oxygens (including phenoxy) is 1. The fourth-order valence-corrected chi connectivity index (χ4v) is 6.86. The lowest BCUT2D eigenvalue weighted by Crippen LogP contribution is -2.62. The summed E-state index contributed by atoms with van der Waals surface area (Å²) in [5.41, 5.74) is 3.47. The molecule has 3 heterocycles. The molecule has 39 heavy (non-hydrogen) atoms. The summed E-state index contributed by atoms with van der Waals surface area (Å²) in [7, 11) is 1.93. The van der Waals surface area contributed by atoms with Gasteiger partial charge >= 0.3 is 6.09 Å². The van der Waals surface area contributed by atoms with Crippen molar-refractivity contribution in [3.63, 3.8) is 0 Å². The Kier molecular flexibility index (Phi) is 7.53. The van der Waals surface area contributed by atoms with Crippen LogP contribution < -0.4 is 0 Å². The van der Waals surface area contributed by atoms with E-state index < -0.39 is 5.60 Å². The van der Waals surface area contributed by atoms with Gasteiger partial charge in [0.2, 0.25) is 5.91 Å². The average molecular weight is 536 g/mol. The number of hydrogen-bond donors (Lipinski definition) is 0. The van der Waals surface area contributed by atoms with Gasteiger partial charge in [-0.05, 0) is 68.9 Å². The quantitative estimate of drug-likeness (QED) is 0.532. The molecular weight excluding hydrogens is 490 g/mol. The molecule has 1 atom stereocenters. The zero-order valence-corrected chi connectivity index (χ0v) is 24.5. The second kappa shape index (κ2) is 10.6. The van der Waals surface area contributed by atoms with Crippen molar-refractivity contribution in [2.24, 2.45) is 12.5 Å². The van der Waals surface area contributed by atoms with Crippen LogP contribution in [0.3, 0.4) is 0 Å². The van der Waals surface area contributed by atoms with Gasteiger partial charge in [0.1, 0.15) is 5.60 Å². The van der Waals surface area contributed by atoms with Crippen molar-refractivity contribution in [1.82, 2.24) is 24.5 Å². The summed E-state index contributed by atoms with van der Waals surface area (Å²) in [6.07, 6.45) is 7.71. The van der Waals surface area contributed by atoms with E-state index in [1.165, 1.54) is 11.1 Å². The molecule has 0 radical (unpaired) electrons. The summed E-state index contributed by atoms with van der Waals surface area (Å²) < 4.78 is 7.42. The summed E-state index contributed by atoms with van der Waals surface area (Å²) in [4.78, 5) is 32.8. The van der Waals surface area contributed by atoms with Crippen molar-refractivity contribution in [2.45, 2.75) is 90.4 Å². The Morgan fingerprint density at radius 1 is 1.15 bits per heavy atom. The molecule has 0 bridgehead atoms. The molecule has 1 spiro atoms. The third kappa shape index (κ3) is 6.01. The van der Waals surface area contributed by atoms with E-state index in [2.05, 4.69) is 53.0 Å². The van der Waals surface area contributed by atoms with E-state index in [1.54, 1.807) is 0 Å². The van der Waals surface area contributed by atoms with Crippen molar-refractivity contribution in [3.8, 4) is 0 Å². The molecule has 212 valence electrons. The molecule has 8 heteroatoms. The lowest BCUT2D eigenvalue weighted by atomic mass is 9.59. The van der Waals surface area contributed by atoms with Crippen LogP contribution >= 0.6 is 0 Å². The summed E-state index contributed by atoms with van der Waals surface area (Å²) in [6, 6.07) is 8.94. The first-order valence-corrected chi connectivity index (χ1v) is 14.5. The van der Waals surface area contributed by atoms with Crippen molar-refractivity contribution in [2.75, 3.05) is 26.2 Å². The highest BCUT2D eigenvalue weighted by Gasteiger charge is 2.52. The molecule has 3 fully saturated rings. The number of piperidine rings is 1. The van der Waals surface area contributed by atoms with E-state index >= 15 is 0 Å². The fourth-order valence-electron chi connectivity index (χ4n) is 6.86. The van der Waals surface area contributed by atoms with Gasteiger partial charge in [0.25, 0.3) is 0 Å². The van der Waals surface area contributed by atoms with Crippen molar-refractivity contribution >= 4 is 12.0 Å². The molecule has 8 nitrogen and oxygen atoms in total. The van der Waals surface area contributed by atoms with E-state index in [4.69, 9.17) is 4.74 Å². The lowest BCUT2D eigenvalue weighted by Gasteiger charge is -2.58. The van der Waals surface area contributed by atoms with Gasteiger partial charge < -0.3 is 14.5 Å². The topological polar surface area (TPSA) is 70.9 Å². The van der Waals surface area contributed by atoms with E-state index in [-0.39, 0.29) is 29.5 Å². The number of benzene rings is 1. The Morgan fingerprint density at radius 3 is 2.46 bits per heavy atom. The molecule has 2 amide bonds. The number of carbonyl (C=O) groups excluding carboxylic acids is 2. The van der Waals surface area contributed by atoms with E-state index in [9.17, 15) is 9.59 Å². The Morgan fingerprint density at radius 2 is 1.85 bits per heavy atom. The van der Waals surface area contributed by atoms with Gasteiger partial charge in [-0.15, -0.1) is 0 Å². The van der Waals surface area contributed by atoms with Crippen LogP contribution in [0.1, 0.15) is 89.0 Å². The number of nitrogens with zero attached hydrogens (tertiary/aromatic N) is 5. The summed E-state index contributed by atoms with van der Waals surface area (Å²) in [5.74, 6) is 0.608. The maximum Gasteiger partial charge on any atom is 0.410 e. The average Bonchev–Trinajstić information content (AvgIpc) is 3.25. The Labute approximate surface area is 233 Å². The lowest BCUT2D eigenvalue weighted by molar-refractivity contribution is -0.153. The van der Waals surface area contributed by atoms with Crippen LogP contribution in [0.2, 0.25) is 0 Å². The van der Waals surface area contributed by atoms with Crippen LogP contribution in [-0.2, 0) is 23.1 Å². The third-order valence-electron chi connectivity index (χ3n) is 8.76. The third-order valence-corrected chi connectivity index (χ3v) is 8.76. The van der Waals surface area contributed by atoms with Crippen LogP contribution in [0.25, 0.3) is 0 Å². The number of hydrogen-bond acceptors (Lipinski definition) is 5. The summed E-state index contributed by atoms with van der Waals surface area (Å²) in [5, 5.41) is 4.33. The molecule has 1 saturated carbocycles. The standard InChI is InChI=1S/C31H45N5O3/c1-22(2)25-9-7-8-10-26(25)27-20-34(19-23-17-32-33(6)18-23)21-28(37)36(27)24-15-31(16-24)11-13-35(14-12-31)29(38)39-30(3,4)5/h7-10,17-18,22,24,27H,11-16,19-21H2,1-6H3. The molecule has 2 aliphatic heterocycles. The monoisotopic (exact) mass is 535 g/mol. The normalized spacial score (nSPS) is 22.4. The first kappa shape index (κ1) is 27.7. The molecule has 2 aromatic rings. The van der Waals surface area contributed by atoms with Crippen LogP contribution in [-0.4, -0.2) is 74.3 Å². The summed E-state index contributed by atoms with van der Waals surface area (Å²) in [6.45, 7) is 13.6. The smallest absolute Gasteiger partial charge is 0.410 e. The predicted octanol–water partition coefficient (Wildman–Crippen LogP) is 5.11. The first-order valence-electron chi connectivity index (χ1n) is 14.5. The van der Waals surface area contributed by atoms with Gasteiger partial charge in [-0.1, -0.05) is 38.1 Å². The van der Waals surface area contributed by atoms with Crippen molar-refractivity contribution < 1.29 is 14.3 Å². The molecule has 1 aromatic heterocycles. The predicted molar refractivity (Wildman–Crippen MR) is 151 cm³/mol. The minimum Gasteiger partial charge on any atom is -0.444 e. The van der Waals surface area contributed by atoms with Crippen LogP contribution in [0.15, 0.2) is 36.7 Å². The molecule has 5 rings (SSSR count). The number of amides is 2. The number of carbonyl (C=O) groups is 2. The minimum absolute atomic E-state index is 0.0331. The van der Waals surface area contributed by atoms with Crippen LogP contribution in [0.4, 0.5) is 4.79 Å². The van der Waals surface area contributed by atoms with E-state index in [1.807, 2.05) is 49.8 Å². The number of likely N-dealkylation sites (tertiary alicyclic amines) is 1. The maximum absolute atomic E-state index is 13.8. The molecule has 1 aromatic carbocycles. The Bertz CT molecular complexity index is 1180. The van der Waals surface area contributed by atoms with E-state index in [0.29, 0.717) is 12.5 Å². The minimum atomic E-state index is -0.478. The molecule has 2 saturated heterocycles. The fraction of sp³-hybridized carbons (Fsp3) is 0.645. The second-order valence-corrected chi connectivity index (χ2v) is 13.3. The van der Waals surface area contributed by atoms with Crippen molar-refractivity contribution in [1.29, 1.82) is 0 Å². The van der Waals surface area contributed by atoms with Gasteiger partial charge in [-0.3, -0.25) is 14.4 Å². The van der Waals surface area contributed by atoms with Gasteiger partial charge in [0.05, 0.1) is 18.8 Å². The molecule has 0 N–H and O–H groups in total. The van der Waals surface area contributed by atoms with Crippen LogP contribution in [0.5, 0.6) is 0 Å². The highest BCUT2D eigenvalue weighted by atomic mass is 16.6. The number of rotatable bonds is 5. The van der Waals surface area contributed by atoms with Crippen LogP contribution in [0, 0.1) is 5.41 Å². The highest BCUT2D eigenvalue weighted by Crippen LogP contribution is 2.53. The molecule has 3 aliphatic rings. The maximum atomic E-state index is 13.8. The molecule has 1 unspecified atom stereocenters. The van der Waals surface area contributed by atoms with Gasteiger partial charge in [0, 0.05) is 51.0 Å². The van der Waals surface area contributed by atoms with Crippen molar-refractivity contribution in [3.05, 3.63) is 53.3 Å². The first-order chi connectivity index (χ1) is 18.4. The number of aryl methyl sites for hydroxylation is 1. The number of piperazine rings is 1. The summed E-state index contributed by atoms with van der Waals surface area (Å²) >= 11 is 0. The zero-order valence-electron chi connectivity index (χ0n) is 24.5.